The van der Waals surface area contributed by atoms with Gasteiger partial charge in [-0.25, -0.2) is 9.59 Å². The smallest absolute Gasteiger partial charge is 0.333 e. The van der Waals surface area contributed by atoms with Crippen LogP contribution >= 0.6 is 0 Å². The number of carbonyl (C=O) groups excluding carboxylic acids is 2. The summed E-state index contributed by atoms with van der Waals surface area (Å²) in [5, 5.41) is 0. The lowest BCUT2D eigenvalue weighted by atomic mass is 10.1. The molecule has 1 aromatic rings. The Kier molecular flexibility index (Phi) is 7.47. The average Bonchev–Trinajstić information content (AvgIpc) is 2.53. The van der Waals surface area contributed by atoms with Gasteiger partial charge in [-0.1, -0.05) is 31.4 Å². The van der Waals surface area contributed by atoms with Crippen molar-refractivity contribution in [1.82, 2.24) is 0 Å². The topological polar surface area (TPSA) is 61.8 Å². The van der Waals surface area contributed by atoms with Gasteiger partial charge in [0.2, 0.25) is 0 Å². The van der Waals surface area contributed by atoms with Crippen LogP contribution in [0.2, 0.25) is 0 Å². The minimum atomic E-state index is -0.650. The number of hydrogen-bond acceptors (Lipinski definition) is 5. The summed E-state index contributed by atoms with van der Waals surface area (Å²) in [6, 6.07) is 9.10. The number of para-hydroxylation sites is 1. The molecule has 5 nitrogen and oxygen atoms in total. The van der Waals surface area contributed by atoms with Crippen LogP contribution < -0.4 is 4.74 Å². The number of esters is 2. The summed E-state index contributed by atoms with van der Waals surface area (Å²) < 4.78 is 15.6. The van der Waals surface area contributed by atoms with Crippen LogP contribution in [0.1, 0.15) is 13.3 Å². The molecule has 0 spiro atoms. The van der Waals surface area contributed by atoms with E-state index in [1.54, 1.807) is 19.1 Å². The summed E-state index contributed by atoms with van der Waals surface area (Å²) in [6.07, 6.45) is 0.538. The number of hydrogen-bond donors (Lipinski definition) is 0. The van der Waals surface area contributed by atoms with Crippen molar-refractivity contribution < 1.29 is 23.8 Å². The lowest BCUT2D eigenvalue weighted by Gasteiger charge is -2.18. The van der Waals surface area contributed by atoms with Crippen molar-refractivity contribution in [3.05, 3.63) is 55.1 Å². The molecule has 0 N–H and O–H groups in total. The third kappa shape index (κ3) is 6.26. The third-order valence-corrected chi connectivity index (χ3v) is 2.67. The van der Waals surface area contributed by atoms with E-state index in [0.717, 1.165) is 6.08 Å². The maximum Gasteiger partial charge on any atom is 0.333 e. The van der Waals surface area contributed by atoms with Gasteiger partial charge < -0.3 is 14.2 Å². The SMILES string of the molecule is C=CC(=O)OC(COc1ccccc1)CC(=C)C(=O)OCC. The molecule has 22 heavy (non-hydrogen) atoms. The molecule has 118 valence electrons. The Hall–Kier alpha value is -2.56. The molecule has 0 aromatic heterocycles. The van der Waals surface area contributed by atoms with Crippen LogP contribution in [0.25, 0.3) is 0 Å². The first-order valence-electron chi connectivity index (χ1n) is 6.92. The van der Waals surface area contributed by atoms with Crippen LogP contribution in [0.15, 0.2) is 55.1 Å². The molecule has 0 radical (unpaired) electrons. The standard InChI is InChI=1S/C17H20O5/c1-4-16(18)22-15(11-13(3)17(19)20-5-2)12-21-14-9-7-6-8-10-14/h4,6-10,15H,1,3,5,11-12H2,2H3. The lowest BCUT2D eigenvalue weighted by Crippen LogP contribution is -2.26. The predicted octanol–water partition coefficient (Wildman–Crippen LogP) is 2.67. The molecule has 1 unspecified atom stereocenters. The number of ether oxygens (including phenoxy) is 3. The summed E-state index contributed by atoms with van der Waals surface area (Å²) in [4.78, 5) is 23.0. The number of benzene rings is 1. The van der Waals surface area contributed by atoms with Gasteiger partial charge in [0.25, 0.3) is 0 Å². The molecule has 0 amide bonds. The van der Waals surface area contributed by atoms with E-state index >= 15 is 0 Å². The van der Waals surface area contributed by atoms with Gasteiger partial charge in [0.05, 0.1) is 6.61 Å². The molecule has 0 aliphatic carbocycles. The highest BCUT2D eigenvalue weighted by molar-refractivity contribution is 5.88. The Labute approximate surface area is 130 Å². The normalized spacial score (nSPS) is 11.1. The van der Waals surface area contributed by atoms with Crippen LogP contribution in [0.3, 0.4) is 0 Å². The van der Waals surface area contributed by atoms with E-state index < -0.39 is 18.0 Å². The van der Waals surface area contributed by atoms with Crippen molar-refractivity contribution in [3.63, 3.8) is 0 Å². The van der Waals surface area contributed by atoms with Crippen molar-refractivity contribution in [2.75, 3.05) is 13.2 Å². The monoisotopic (exact) mass is 304 g/mol. The van der Waals surface area contributed by atoms with E-state index in [4.69, 9.17) is 14.2 Å². The molecule has 0 fully saturated rings. The summed E-state index contributed by atoms with van der Waals surface area (Å²) in [5.74, 6) is -0.455. The van der Waals surface area contributed by atoms with Gasteiger partial charge in [0, 0.05) is 18.1 Å². The molecule has 1 aromatic carbocycles. The molecule has 1 rings (SSSR count). The second kappa shape index (κ2) is 9.39. The zero-order valence-corrected chi connectivity index (χ0v) is 12.6. The third-order valence-electron chi connectivity index (χ3n) is 2.67. The first kappa shape index (κ1) is 17.5. The van der Waals surface area contributed by atoms with Crippen molar-refractivity contribution in [2.45, 2.75) is 19.4 Å². The lowest BCUT2D eigenvalue weighted by molar-refractivity contribution is -0.146. The molecule has 0 aliphatic rings. The fourth-order valence-corrected chi connectivity index (χ4v) is 1.64. The Morgan fingerprint density at radius 3 is 2.55 bits per heavy atom. The van der Waals surface area contributed by atoms with Crippen molar-refractivity contribution in [3.8, 4) is 5.75 Å². The molecule has 1 atom stereocenters. The molecule has 0 bridgehead atoms. The second-order valence-electron chi connectivity index (χ2n) is 4.42. The van der Waals surface area contributed by atoms with Crippen molar-refractivity contribution >= 4 is 11.9 Å². The van der Waals surface area contributed by atoms with Gasteiger partial charge >= 0.3 is 11.9 Å². The van der Waals surface area contributed by atoms with Crippen LogP contribution in [-0.4, -0.2) is 31.3 Å². The van der Waals surface area contributed by atoms with Gasteiger partial charge in [0.1, 0.15) is 18.5 Å². The Bertz CT molecular complexity index is 521. The fourth-order valence-electron chi connectivity index (χ4n) is 1.64. The molecule has 0 saturated carbocycles. The summed E-state index contributed by atoms with van der Waals surface area (Å²) >= 11 is 0. The Morgan fingerprint density at radius 1 is 1.27 bits per heavy atom. The van der Waals surface area contributed by atoms with E-state index in [-0.39, 0.29) is 25.2 Å². The first-order valence-corrected chi connectivity index (χ1v) is 6.92. The molecular weight excluding hydrogens is 284 g/mol. The molecule has 0 heterocycles. The summed E-state index contributed by atoms with van der Waals surface area (Å²) in [7, 11) is 0. The van der Waals surface area contributed by atoms with Crippen LogP contribution in [0.4, 0.5) is 0 Å². The highest BCUT2D eigenvalue weighted by Crippen LogP contribution is 2.14. The van der Waals surface area contributed by atoms with Crippen molar-refractivity contribution in [1.29, 1.82) is 0 Å². The average molecular weight is 304 g/mol. The van der Waals surface area contributed by atoms with E-state index in [9.17, 15) is 9.59 Å². The summed E-state index contributed by atoms with van der Waals surface area (Å²) in [5.41, 5.74) is 0.223. The first-order chi connectivity index (χ1) is 10.6. The fraction of sp³-hybridized carbons (Fsp3) is 0.294. The van der Waals surface area contributed by atoms with Crippen molar-refractivity contribution in [2.24, 2.45) is 0 Å². The zero-order chi connectivity index (χ0) is 16.4. The summed E-state index contributed by atoms with van der Waals surface area (Å²) in [6.45, 7) is 9.07. The van der Waals surface area contributed by atoms with E-state index in [0.29, 0.717) is 5.75 Å². The maximum atomic E-state index is 11.6. The number of carbonyl (C=O) groups is 2. The van der Waals surface area contributed by atoms with Crippen LogP contribution in [0, 0.1) is 0 Å². The Morgan fingerprint density at radius 2 is 1.95 bits per heavy atom. The second-order valence-corrected chi connectivity index (χ2v) is 4.42. The van der Waals surface area contributed by atoms with E-state index in [1.165, 1.54) is 0 Å². The quantitative estimate of drug-likeness (QED) is 0.518. The molecule has 5 heteroatoms. The Balaban J connectivity index is 2.63. The maximum absolute atomic E-state index is 11.6. The minimum absolute atomic E-state index is 0.0992. The van der Waals surface area contributed by atoms with Gasteiger partial charge in [-0.3, -0.25) is 0 Å². The van der Waals surface area contributed by atoms with E-state index in [2.05, 4.69) is 13.2 Å². The molecular formula is C17H20O5. The highest BCUT2D eigenvalue weighted by atomic mass is 16.6. The predicted molar refractivity (Wildman–Crippen MR) is 82.4 cm³/mol. The zero-order valence-electron chi connectivity index (χ0n) is 12.6. The van der Waals surface area contributed by atoms with E-state index in [1.807, 2.05) is 18.2 Å². The molecule has 0 aliphatic heterocycles. The minimum Gasteiger partial charge on any atom is -0.490 e. The van der Waals surface area contributed by atoms with Gasteiger partial charge in [0.15, 0.2) is 0 Å². The van der Waals surface area contributed by atoms with Gasteiger partial charge in [-0.05, 0) is 19.1 Å². The van der Waals surface area contributed by atoms with Crippen LogP contribution in [-0.2, 0) is 19.1 Å². The number of rotatable bonds is 9. The molecule has 0 saturated heterocycles. The van der Waals surface area contributed by atoms with Gasteiger partial charge in [-0.15, -0.1) is 0 Å². The highest BCUT2D eigenvalue weighted by Gasteiger charge is 2.19. The van der Waals surface area contributed by atoms with Gasteiger partial charge in [-0.2, -0.15) is 0 Å². The largest absolute Gasteiger partial charge is 0.490 e. The van der Waals surface area contributed by atoms with Crippen LogP contribution in [0.5, 0.6) is 5.75 Å².